The summed E-state index contributed by atoms with van der Waals surface area (Å²) in [4.78, 5) is 23.4. The van der Waals surface area contributed by atoms with Gasteiger partial charge in [0.05, 0.1) is 6.61 Å². The quantitative estimate of drug-likeness (QED) is 0.717. The molecule has 0 saturated heterocycles. The Hall–Kier alpha value is -2.37. The van der Waals surface area contributed by atoms with Crippen LogP contribution in [0.3, 0.4) is 0 Å². The Labute approximate surface area is 142 Å². The molecule has 0 radical (unpaired) electrons. The number of carbonyl (C=O) groups excluding carboxylic acids is 2. The predicted molar refractivity (Wildman–Crippen MR) is 91.8 cm³/mol. The van der Waals surface area contributed by atoms with E-state index in [1.54, 1.807) is 25.1 Å². The molecule has 0 aliphatic rings. The Bertz CT molecular complexity index is 573. The highest BCUT2D eigenvalue weighted by atomic mass is 19.1. The smallest absolute Gasteiger partial charge is 0.407 e. The first-order valence-electron chi connectivity index (χ1n) is 8.06. The Kier molecular flexibility index (Phi) is 8.54. The summed E-state index contributed by atoms with van der Waals surface area (Å²) in [6.07, 6.45) is 2.89. The molecule has 24 heavy (non-hydrogen) atoms. The van der Waals surface area contributed by atoms with Crippen molar-refractivity contribution in [3.05, 3.63) is 41.7 Å². The number of hydrogen-bond acceptors (Lipinski definition) is 3. The molecule has 0 fully saturated rings. The first kappa shape index (κ1) is 19.7. The fraction of sp³-hybridized carbons (Fsp3) is 0.444. The van der Waals surface area contributed by atoms with Crippen molar-refractivity contribution < 1.29 is 18.7 Å². The molecule has 1 rings (SSSR count). The number of nitrogens with one attached hydrogen (secondary N) is 2. The van der Waals surface area contributed by atoms with Gasteiger partial charge in [-0.25, -0.2) is 9.18 Å². The third kappa shape index (κ3) is 7.76. The van der Waals surface area contributed by atoms with Crippen LogP contribution in [0.1, 0.15) is 32.8 Å². The van der Waals surface area contributed by atoms with Gasteiger partial charge in [0.1, 0.15) is 5.82 Å². The van der Waals surface area contributed by atoms with Crippen LogP contribution in [-0.2, 0) is 9.53 Å². The van der Waals surface area contributed by atoms with Gasteiger partial charge in [-0.15, -0.1) is 0 Å². The molecule has 0 saturated carbocycles. The number of halogens is 1. The molecule has 0 heterocycles. The number of alkyl carbamates (subject to hydrolysis) is 1. The maximum atomic E-state index is 13.5. The summed E-state index contributed by atoms with van der Waals surface area (Å²) in [5.41, 5.74) is 0.344. The Morgan fingerprint density at radius 1 is 1.29 bits per heavy atom. The first-order valence-corrected chi connectivity index (χ1v) is 8.06. The fourth-order valence-corrected chi connectivity index (χ4v) is 2.16. The predicted octanol–water partition coefficient (Wildman–Crippen LogP) is 3.12. The number of carbonyl (C=O) groups is 2. The molecular weight excluding hydrogens is 311 g/mol. The number of amides is 2. The molecule has 5 nitrogen and oxygen atoms in total. The maximum Gasteiger partial charge on any atom is 0.407 e. The maximum absolute atomic E-state index is 13.5. The molecule has 2 amide bonds. The lowest BCUT2D eigenvalue weighted by Crippen LogP contribution is -2.44. The van der Waals surface area contributed by atoms with Crippen LogP contribution in [0.5, 0.6) is 0 Å². The van der Waals surface area contributed by atoms with Crippen LogP contribution >= 0.6 is 0 Å². The van der Waals surface area contributed by atoms with E-state index in [1.165, 1.54) is 18.2 Å². The summed E-state index contributed by atoms with van der Waals surface area (Å²) in [5, 5.41) is 5.43. The van der Waals surface area contributed by atoms with Crippen LogP contribution in [0, 0.1) is 11.7 Å². The minimum Gasteiger partial charge on any atom is -0.450 e. The fourth-order valence-electron chi connectivity index (χ4n) is 2.16. The summed E-state index contributed by atoms with van der Waals surface area (Å²) >= 11 is 0. The second-order valence-corrected chi connectivity index (χ2v) is 5.79. The van der Waals surface area contributed by atoms with Crippen molar-refractivity contribution in [2.75, 3.05) is 13.2 Å². The van der Waals surface area contributed by atoms with Crippen molar-refractivity contribution in [1.82, 2.24) is 10.6 Å². The topological polar surface area (TPSA) is 67.4 Å². The summed E-state index contributed by atoms with van der Waals surface area (Å²) < 4.78 is 18.3. The normalized spacial score (nSPS) is 12.2. The lowest BCUT2D eigenvalue weighted by Gasteiger charge is -2.20. The van der Waals surface area contributed by atoms with E-state index in [4.69, 9.17) is 4.74 Å². The molecular formula is C18H25FN2O3. The third-order valence-electron chi connectivity index (χ3n) is 3.20. The molecule has 1 atom stereocenters. The highest BCUT2D eigenvalue weighted by Crippen LogP contribution is 2.08. The number of benzene rings is 1. The molecule has 2 N–H and O–H groups in total. The lowest BCUT2D eigenvalue weighted by molar-refractivity contribution is -0.116. The van der Waals surface area contributed by atoms with E-state index < -0.39 is 6.09 Å². The van der Waals surface area contributed by atoms with Crippen LogP contribution in [0.15, 0.2) is 30.3 Å². The Balaban J connectivity index is 2.54. The van der Waals surface area contributed by atoms with E-state index in [2.05, 4.69) is 10.6 Å². The van der Waals surface area contributed by atoms with Crippen molar-refractivity contribution in [3.8, 4) is 0 Å². The van der Waals surface area contributed by atoms with E-state index in [1.807, 2.05) is 13.8 Å². The highest BCUT2D eigenvalue weighted by Gasteiger charge is 2.15. The van der Waals surface area contributed by atoms with Gasteiger partial charge in [-0.3, -0.25) is 4.79 Å². The van der Waals surface area contributed by atoms with Gasteiger partial charge in [-0.2, -0.15) is 0 Å². The zero-order valence-corrected chi connectivity index (χ0v) is 14.3. The number of rotatable bonds is 8. The molecule has 0 unspecified atom stereocenters. The summed E-state index contributed by atoms with van der Waals surface area (Å²) in [5.74, 6) is -0.385. The van der Waals surface area contributed by atoms with E-state index >= 15 is 0 Å². The average Bonchev–Trinajstić information content (AvgIpc) is 2.51. The van der Waals surface area contributed by atoms with Crippen LogP contribution in [0.25, 0.3) is 6.08 Å². The number of ether oxygens (including phenoxy) is 1. The van der Waals surface area contributed by atoms with Crippen LogP contribution in [-0.4, -0.2) is 31.2 Å². The lowest BCUT2D eigenvalue weighted by atomic mass is 10.0. The molecule has 1 aromatic rings. The molecule has 0 bridgehead atoms. The molecule has 132 valence electrons. The van der Waals surface area contributed by atoms with Crippen LogP contribution < -0.4 is 10.6 Å². The molecule has 0 aromatic heterocycles. The van der Waals surface area contributed by atoms with Gasteiger partial charge >= 0.3 is 6.09 Å². The Morgan fingerprint density at radius 2 is 2.00 bits per heavy atom. The third-order valence-corrected chi connectivity index (χ3v) is 3.20. The zero-order chi connectivity index (χ0) is 17.9. The Morgan fingerprint density at radius 3 is 2.62 bits per heavy atom. The second-order valence-electron chi connectivity index (χ2n) is 5.79. The van der Waals surface area contributed by atoms with Crippen molar-refractivity contribution in [2.45, 2.75) is 33.2 Å². The van der Waals surface area contributed by atoms with Gasteiger partial charge in [0.15, 0.2) is 0 Å². The van der Waals surface area contributed by atoms with Gasteiger partial charge < -0.3 is 15.4 Å². The molecule has 0 aliphatic heterocycles. The summed E-state index contributed by atoms with van der Waals surface area (Å²) in [7, 11) is 0. The van der Waals surface area contributed by atoms with Crippen molar-refractivity contribution >= 4 is 18.1 Å². The summed E-state index contributed by atoms with van der Waals surface area (Å²) in [6.45, 7) is 6.35. The van der Waals surface area contributed by atoms with Gasteiger partial charge in [0, 0.05) is 24.2 Å². The largest absolute Gasteiger partial charge is 0.450 e. The zero-order valence-electron chi connectivity index (χ0n) is 14.3. The SMILES string of the molecule is CCOC(=O)N[C@H](CNC(=O)/C=C/c1ccccc1F)CC(C)C. The van der Waals surface area contributed by atoms with Gasteiger partial charge in [-0.05, 0) is 31.4 Å². The van der Waals surface area contributed by atoms with Crippen LogP contribution in [0.4, 0.5) is 9.18 Å². The minimum atomic E-state index is -0.501. The van der Waals surface area contributed by atoms with Crippen LogP contribution in [0.2, 0.25) is 0 Å². The first-order chi connectivity index (χ1) is 11.4. The van der Waals surface area contributed by atoms with Gasteiger partial charge in [0.25, 0.3) is 0 Å². The molecule has 6 heteroatoms. The summed E-state index contributed by atoms with van der Waals surface area (Å²) in [6, 6.07) is 5.98. The molecule has 0 aliphatic carbocycles. The van der Waals surface area contributed by atoms with Gasteiger partial charge in [-0.1, -0.05) is 32.0 Å². The van der Waals surface area contributed by atoms with Gasteiger partial charge in [0.2, 0.25) is 5.91 Å². The van der Waals surface area contributed by atoms with Crippen molar-refractivity contribution in [3.63, 3.8) is 0 Å². The monoisotopic (exact) mass is 336 g/mol. The van der Waals surface area contributed by atoms with E-state index in [0.717, 1.165) is 0 Å². The molecule has 1 aromatic carbocycles. The second kappa shape index (κ2) is 10.4. The number of hydrogen-bond donors (Lipinski definition) is 2. The van der Waals surface area contributed by atoms with Crippen molar-refractivity contribution in [2.24, 2.45) is 5.92 Å². The van der Waals surface area contributed by atoms with Crippen molar-refractivity contribution in [1.29, 1.82) is 0 Å². The highest BCUT2D eigenvalue weighted by molar-refractivity contribution is 5.91. The van der Waals surface area contributed by atoms with E-state index in [0.29, 0.717) is 17.9 Å². The average molecular weight is 336 g/mol. The van der Waals surface area contributed by atoms with E-state index in [9.17, 15) is 14.0 Å². The minimum absolute atomic E-state index is 0.227. The van der Waals surface area contributed by atoms with E-state index in [-0.39, 0.29) is 30.9 Å². The standard InChI is InChI=1S/C18H25FN2O3/c1-4-24-18(23)21-15(11-13(2)3)12-20-17(22)10-9-14-7-5-6-8-16(14)19/h5-10,13,15H,4,11-12H2,1-3H3,(H,20,22)(H,21,23)/b10-9+/t15-/m0/s1. The molecule has 0 spiro atoms.